The Labute approximate surface area is 234 Å². The highest BCUT2D eigenvalue weighted by Crippen LogP contribution is 2.32. The lowest BCUT2D eigenvalue weighted by atomic mass is 10.0. The fourth-order valence-corrected chi connectivity index (χ4v) is 3.78. The molecule has 4 rings (SSSR count). The number of nitrogens with zero attached hydrogens (tertiary/aromatic N) is 3. The van der Waals surface area contributed by atoms with Crippen molar-refractivity contribution >= 4 is 34.9 Å². The Morgan fingerprint density at radius 3 is 2.51 bits per heavy atom. The van der Waals surface area contributed by atoms with Crippen molar-refractivity contribution in [1.29, 1.82) is 5.41 Å². The topological polar surface area (TPSA) is 147 Å². The first kappa shape index (κ1) is 29.2. The summed E-state index contributed by atoms with van der Waals surface area (Å²) in [5.74, 6) is -1.29. The fourth-order valence-electron chi connectivity index (χ4n) is 3.78. The number of hydrogen-bond acceptors (Lipinski definition) is 8. The van der Waals surface area contributed by atoms with Gasteiger partial charge in [0.1, 0.15) is 5.69 Å². The molecule has 2 aromatic carbocycles. The molecular formula is C28H28F3N7O3. The van der Waals surface area contributed by atoms with Gasteiger partial charge in [0.25, 0.3) is 11.9 Å². The van der Waals surface area contributed by atoms with E-state index in [9.17, 15) is 18.0 Å². The lowest BCUT2D eigenvalue weighted by Crippen LogP contribution is -2.33. The van der Waals surface area contributed by atoms with Crippen LogP contribution in [0.3, 0.4) is 0 Å². The third kappa shape index (κ3) is 7.06. The quantitative estimate of drug-likeness (QED) is 0.246. The van der Waals surface area contributed by atoms with E-state index in [0.717, 1.165) is 11.6 Å². The molecular weight excluding hydrogens is 539 g/mol. The highest BCUT2D eigenvalue weighted by atomic mass is 19.4. The molecule has 0 aliphatic carbocycles. The Morgan fingerprint density at radius 1 is 1.15 bits per heavy atom. The number of hydrogen-bond donors (Lipinski definition) is 4. The largest absolute Gasteiger partial charge is 0.417 e. The number of carbonyl (C=O) groups excluding carboxylic acids is 1. The number of methoxy groups -OCH3 is 1. The van der Waals surface area contributed by atoms with E-state index in [1.54, 1.807) is 32.0 Å². The van der Waals surface area contributed by atoms with Crippen molar-refractivity contribution in [3.63, 3.8) is 0 Å². The van der Waals surface area contributed by atoms with Gasteiger partial charge in [0.2, 0.25) is 12.1 Å². The molecule has 10 nitrogen and oxygen atoms in total. The summed E-state index contributed by atoms with van der Waals surface area (Å²) < 4.78 is 50.7. The van der Waals surface area contributed by atoms with E-state index >= 15 is 0 Å². The van der Waals surface area contributed by atoms with E-state index in [1.807, 2.05) is 36.4 Å². The predicted molar refractivity (Wildman–Crippen MR) is 149 cm³/mol. The number of halogens is 3. The minimum absolute atomic E-state index is 0.0934. The maximum absolute atomic E-state index is 13.4. The van der Waals surface area contributed by atoms with Gasteiger partial charge in [-0.25, -0.2) is 9.98 Å². The number of fused-ring (bicyclic) bond motifs is 1. The predicted octanol–water partition coefficient (Wildman–Crippen LogP) is 4.41. The number of alkyl halides is 3. The first-order valence-electron chi connectivity index (χ1n) is 12.4. The lowest BCUT2D eigenvalue weighted by molar-refractivity contribution is -0.137. The molecule has 3 aromatic rings. The second-order valence-corrected chi connectivity index (χ2v) is 9.59. The highest BCUT2D eigenvalue weighted by Gasteiger charge is 2.33. The maximum Gasteiger partial charge on any atom is 0.417 e. The maximum atomic E-state index is 13.4. The summed E-state index contributed by atoms with van der Waals surface area (Å²) in [4.78, 5) is 25.4. The van der Waals surface area contributed by atoms with Crippen molar-refractivity contribution in [3.05, 3.63) is 89.2 Å². The molecule has 0 bridgehead atoms. The van der Waals surface area contributed by atoms with Crippen LogP contribution in [0.15, 0.2) is 76.8 Å². The molecule has 0 saturated heterocycles. The summed E-state index contributed by atoms with van der Waals surface area (Å²) in [5, 5.41) is 14.0. The van der Waals surface area contributed by atoms with Gasteiger partial charge < -0.3 is 25.8 Å². The smallest absolute Gasteiger partial charge is 0.405 e. The molecule has 214 valence electrons. The molecule has 1 aliphatic rings. The molecule has 1 unspecified atom stereocenters. The second-order valence-electron chi connectivity index (χ2n) is 9.59. The normalized spacial score (nSPS) is 15.8. The zero-order valence-electron chi connectivity index (χ0n) is 22.4. The molecule has 0 saturated carbocycles. The summed E-state index contributed by atoms with van der Waals surface area (Å²) in [5.41, 5.74) is 6.20. The molecule has 13 heteroatoms. The third-order valence-corrected chi connectivity index (χ3v) is 6.12. The SMILES string of the molecule is COC(C)(C)CNc1cc(C(F)(F)F)cnc1C(=N)O/C(N)=N/C1N=C(c2ccccc2)c2ccccc2NC1=O. The van der Waals surface area contributed by atoms with E-state index in [0.29, 0.717) is 23.2 Å². The van der Waals surface area contributed by atoms with Crippen LogP contribution in [0.4, 0.5) is 24.5 Å². The summed E-state index contributed by atoms with van der Waals surface area (Å²) in [6, 6.07) is 16.5. The molecule has 5 N–H and O–H groups in total. The van der Waals surface area contributed by atoms with Crippen LogP contribution in [0, 0.1) is 5.41 Å². The van der Waals surface area contributed by atoms with E-state index in [2.05, 4.69) is 25.6 Å². The number of anilines is 2. The summed E-state index contributed by atoms with van der Waals surface area (Å²) in [6.45, 7) is 3.55. The minimum atomic E-state index is -4.67. The number of benzene rings is 2. The van der Waals surface area contributed by atoms with Crippen molar-refractivity contribution in [3.8, 4) is 0 Å². The van der Waals surface area contributed by atoms with Crippen LogP contribution in [0.1, 0.15) is 36.2 Å². The number of aliphatic imine (C=N–C) groups is 2. The first-order valence-corrected chi connectivity index (χ1v) is 12.4. The molecule has 0 radical (unpaired) electrons. The van der Waals surface area contributed by atoms with Crippen molar-refractivity contribution in [2.45, 2.75) is 31.8 Å². The molecule has 0 fully saturated rings. The van der Waals surface area contributed by atoms with Gasteiger partial charge in [-0.1, -0.05) is 48.5 Å². The Kier molecular flexibility index (Phi) is 8.38. The summed E-state index contributed by atoms with van der Waals surface area (Å²) in [7, 11) is 1.46. The average Bonchev–Trinajstić information content (AvgIpc) is 3.07. The number of rotatable bonds is 7. The summed E-state index contributed by atoms with van der Waals surface area (Å²) >= 11 is 0. The van der Waals surface area contributed by atoms with Crippen LogP contribution >= 0.6 is 0 Å². The van der Waals surface area contributed by atoms with E-state index in [4.69, 9.17) is 20.6 Å². The number of nitrogens with two attached hydrogens (primary N) is 1. The molecule has 1 atom stereocenters. The molecule has 41 heavy (non-hydrogen) atoms. The van der Waals surface area contributed by atoms with E-state index in [-0.39, 0.29) is 17.9 Å². The van der Waals surface area contributed by atoms with Crippen LogP contribution in [-0.4, -0.2) is 53.9 Å². The second kappa shape index (κ2) is 11.8. The van der Waals surface area contributed by atoms with Gasteiger partial charge in [-0.3, -0.25) is 10.2 Å². The molecule has 0 spiro atoms. The number of para-hydroxylation sites is 1. The Morgan fingerprint density at radius 2 is 1.83 bits per heavy atom. The number of amidine groups is 1. The number of benzodiazepines with no additional fused rings is 1. The van der Waals surface area contributed by atoms with Gasteiger partial charge in [0.15, 0.2) is 0 Å². The van der Waals surface area contributed by atoms with Gasteiger partial charge in [0, 0.05) is 31.0 Å². The highest BCUT2D eigenvalue weighted by molar-refractivity contribution is 6.19. The fraction of sp³-hybridized carbons (Fsp3) is 0.250. The van der Waals surface area contributed by atoms with Crippen LogP contribution in [0.5, 0.6) is 0 Å². The first-order chi connectivity index (χ1) is 19.4. The lowest BCUT2D eigenvalue weighted by Gasteiger charge is -2.24. The van der Waals surface area contributed by atoms with Crippen LogP contribution in [0.25, 0.3) is 0 Å². The Bertz CT molecular complexity index is 1510. The van der Waals surface area contributed by atoms with Crippen molar-refractivity contribution in [2.75, 3.05) is 24.3 Å². The standard InChI is InChI=1S/C28H28F3N7O3/c1-27(2,40-3)15-35-20-13-17(28(29,30)31)14-34-22(20)23(32)41-26(33)38-24-25(39)36-19-12-8-7-11-18(19)21(37-24)16-9-5-4-6-10-16/h4-14,24,32,35H,15H2,1-3H3,(H2,33,38)(H,36,39). The van der Waals surface area contributed by atoms with Crippen LogP contribution in [-0.2, 0) is 20.4 Å². The van der Waals surface area contributed by atoms with E-state index in [1.165, 1.54) is 7.11 Å². The number of nitrogens with one attached hydrogen (secondary N) is 3. The van der Waals surface area contributed by atoms with Gasteiger partial charge in [-0.15, -0.1) is 0 Å². The van der Waals surface area contributed by atoms with Gasteiger partial charge in [-0.2, -0.15) is 18.2 Å². The van der Waals surface area contributed by atoms with Crippen LogP contribution < -0.4 is 16.4 Å². The molecule has 1 amide bonds. The van der Waals surface area contributed by atoms with Crippen molar-refractivity contribution in [2.24, 2.45) is 15.7 Å². The van der Waals surface area contributed by atoms with Crippen molar-refractivity contribution < 1.29 is 27.4 Å². The zero-order chi connectivity index (χ0) is 29.8. The number of carbonyl (C=O) groups is 1. The molecule has 2 heterocycles. The molecule has 1 aliphatic heterocycles. The number of ether oxygens (including phenoxy) is 2. The summed E-state index contributed by atoms with van der Waals surface area (Å²) in [6.07, 6.45) is -5.47. The van der Waals surface area contributed by atoms with Gasteiger partial charge >= 0.3 is 6.18 Å². The van der Waals surface area contributed by atoms with Crippen molar-refractivity contribution in [1.82, 2.24) is 4.98 Å². The van der Waals surface area contributed by atoms with E-state index < -0.39 is 41.3 Å². The monoisotopic (exact) mass is 567 g/mol. The van der Waals surface area contributed by atoms with Gasteiger partial charge in [0.05, 0.1) is 28.3 Å². The average molecular weight is 568 g/mol. The number of pyridine rings is 1. The van der Waals surface area contributed by atoms with Crippen LogP contribution in [0.2, 0.25) is 0 Å². The Balaban J connectivity index is 1.64. The zero-order valence-corrected chi connectivity index (χ0v) is 22.4. The Hall–Kier alpha value is -4.78. The number of amides is 1. The number of aromatic nitrogens is 1. The minimum Gasteiger partial charge on any atom is -0.405 e. The third-order valence-electron chi connectivity index (χ3n) is 6.12. The molecule has 1 aromatic heterocycles. The van der Waals surface area contributed by atoms with Gasteiger partial charge in [-0.05, 0) is 26.0 Å².